The summed E-state index contributed by atoms with van der Waals surface area (Å²) in [5, 5.41) is 0. The van der Waals surface area contributed by atoms with Gasteiger partial charge in [0.15, 0.2) is 0 Å². The second-order valence-corrected chi connectivity index (χ2v) is 7.76. The Morgan fingerprint density at radius 2 is 1.79 bits per heavy atom. The van der Waals surface area contributed by atoms with Gasteiger partial charge in [0.1, 0.15) is 5.75 Å². The third-order valence-electron chi connectivity index (χ3n) is 4.30. The van der Waals surface area contributed by atoms with Crippen molar-refractivity contribution in [1.82, 2.24) is 9.88 Å². The van der Waals surface area contributed by atoms with Crippen molar-refractivity contribution in [3.8, 4) is 17.0 Å². The molecular formula is C19H26N2O2S. The largest absolute Gasteiger partial charge is 0.491 e. The van der Waals surface area contributed by atoms with Gasteiger partial charge in [0, 0.05) is 11.4 Å². The molecule has 0 saturated carbocycles. The standard InChI is InChI=1S/C19H26N2O2S/c1-14(2)23-16-9-7-15(8-10-16)18-17(24-19(22)20-18)13-21-11-5-3-4-6-12-21/h7-10,14H,3-6,11-13H2,1-2H3,(H,20,22). The number of rotatable bonds is 5. The molecule has 0 atom stereocenters. The molecule has 1 fully saturated rings. The van der Waals surface area contributed by atoms with Gasteiger partial charge in [0.2, 0.25) is 0 Å². The average molecular weight is 346 g/mol. The van der Waals surface area contributed by atoms with Crippen LogP contribution in [0.1, 0.15) is 44.4 Å². The van der Waals surface area contributed by atoms with Crippen molar-refractivity contribution >= 4 is 11.3 Å². The lowest BCUT2D eigenvalue weighted by Gasteiger charge is -2.19. The molecule has 4 nitrogen and oxygen atoms in total. The molecule has 1 N–H and O–H groups in total. The van der Waals surface area contributed by atoms with Gasteiger partial charge >= 0.3 is 4.87 Å². The topological polar surface area (TPSA) is 45.3 Å². The summed E-state index contributed by atoms with van der Waals surface area (Å²) in [6.45, 7) is 7.16. The number of hydrogen-bond acceptors (Lipinski definition) is 4. The molecular weight excluding hydrogens is 320 g/mol. The first-order valence-electron chi connectivity index (χ1n) is 8.83. The molecule has 0 amide bonds. The van der Waals surface area contributed by atoms with E-state index in [0.29, 0.717) is 0 Å². The van der Waals surface area contributed by atoms with Crippen molar-refractivity contribution in [2.75, 3.05) is 13.1 Å². The van der Waals surface area contributed by atoms with Gasteiger partial charge < -0.3 is 9.72 Å². The van der Waals surface area contributed by atoms with Crippen LogP contribution in [0, 0.1) is 0 Å². The molecule has 1 aromatic carbocycles. The predicted molar refractivity (Wildman–Crippen MR) is 99.9 cm³/mol. The van der Waals surface area contributed by atoms with Crippen molar-refractivity contribution in [3.05, 3.63) is 38.8 Å². The Hall–Kier alpha value is -1.59. The van der Waals surface area contributed by atoms with Gasteiger partial charge in [0.25, 0.3) is 0 Å². The van der Waals surface area contributed by atoms with Crippen LogP contribution >= 0.6 is 11.3 Å². The summed E-state index contributed by atoms with van der Waals surface area (Å²) in [5.41, 5.74) is 2.01. The maximum atomic E-state index is 11.9. The third-order valence-corrected chi connectivity index (χ3v) is 5.17. The summed E-state index contributed by atoms with van der Waals surface area (Å²) >= 11 is 1.34. The lowest BCUT2D eigenvalue weighted by Crippen LogP contribution is -2.23. The highest BCUT2D eigenvalue weighted by Gasteiger charge is 2.16. The van der Waals surface area contributed by atoms with Crippen LogP contribution in [0.3, 0.4) is 0 Å². The smallest absolute Gasteiger partial charge is 0.305 e. The van der Waals surface area contributed by atoms with E-state index in [9.17, 15) is 4.79 Å². The van der Waals surface area contributed by atoms with E-state index in [-0.39, 0.29) is 11.0 Å². The minimum Gasteiger partial charge on any atom is -0.491 e. The average Bonchev–Trinajstić information content (AvgIpc) is 2.74. The monoisotopic (exact) mass is 346 g/mol. The summed E-state index contributed by atoms with van der Waals surface area (Å²) in [5.74, 6) is 0.861. The van der Waals surface area contributed by atoms with Gasteiger partial charge in [-0.1, -0.05) is 24.2 Å². The van der Waals surface area contributed by atoms with E-state index >= 15 is 0 Å². The van der Waals surface area contributed by atoms with Gasteiger partial charge in [0.05, 0.1) is 11.8 Å². The number of hydrogen-bond donors (Lipinski definition) is 1. The third kappa shape index (κ3) is 4.48. The Kier molecular flexibility index (Phi) is 5.74. The van der Waals surface area contributed by atoms with Crippen LogP contribution in [-0.4, -0.2) is 29.1 Å². The van der Waals surface area contributed by atoms with Crippen molar-refractivity contribution < 1.29 is 4.74 Å². The Morgan fingerprint density at radius 3 is 2.42 bits per heavy atom. The summed E-state index contributed by atoms with van der Waals surface area (Å²) in [4.78, 5) is 18.6. The minimum atomic E-state index is 0.0253. The van der Waals surface area contributed by atoms with Gasteiger partial charge in [-0.2, -0.15) is 0 Å². The molecule has 24 heavy (non-hydrogen) atoms. The second-order valence-electron chi connectivity index (χ2n) is 6.69. The molecule has 2 aromatic rings. The number of nitrogens with zero attached hydrogens (tertiary/aromatic N) is 1. The molecule has 130 valence electrons. The van der Waals surface area contributed by atoms with E-state index < -0.39 is 0 Å². The van der Waals surface area contributed by atoms with E-state index in [1.54, 1.807) is 0 Å². The molecule has 1 aromatic heterocycles. The van der Waals surface area contributed by atoms with E-state index in [4.69, 9.17) is 4.74 Å². The lowest BCUT2D eigenvalue weighted by atomic mass is 10.1. The number of ether oxygens (including phenoxy) is 1. The summed E-state index contributed by atoms with van der Waals surface area (Å²) < 4.78 is 5.70. The van der Waals surface area contributed by atoms with Gasteiger partial charge in [-0.25, -0.2) is 0 Å². The first kappa shape index (κ1) is 17.2. The SMILES string of the molecule is CC(C)Oc1ccc(-c2[nH]c(=O)sc2CN2CCCCCC2)cc1. The molecule has 1 aliphatic rings. The number of aromatic amines is 1. The number of likely N-dealkylation sites (tertiary alicyclic amines) is 1. The summed E-state index contributed by atoms with van der Waals surface area (Å²) in [6, 6.07) is 8.01. The first-order chi connectivity index (χ1) is 11.6. The lowest BCUT2D eigenvalue weighted by molar-refractivity contribution is 0.242. The van der Waals surface area contributed by atoms with Crippen LogP contribution in [0.25, 0.3) is 11.3 Å². The van der Waals surface area contributed by atoms with E-state index in [0.717, 1.165) is 41.5 Å². The number of nitrogens with one attached hydrogen (secondary N) is 1. The highest BCUT2D eigenvalue weighted by Crippen LogP contribution is 2.27. The van der Waals surface area contributed by atoms with Gasteiger partial charge in [-0.15, -0.1) is 0 Å². The fourth-order valence-corrected chi connectivity index (χ4v) is 4.07. The van der Waals surface area contributed by atoms with E-state index in [2.05, 4.69) is 9.88 Å². The number of H-pyrrole nitrogens is 1. The zero-order chi connectivity index (χ0) is 16.9. The van der Waals surface area contributed by atoms with Crippen LogP contribution in [-0.2, 0) is 6.54 Å². The van der Waals surface area contributed by atoms with Crippen molar-refractivity contribution in [2.45, 2.75) is 52.2 Å². The zero-order valence-corrected chi connectivity index (χ0v) is 15.3. The van der Waals surface area contributed by atoms with Crippen LogP contribution < -0.4 is 9.61 Å². The number of thiazole rings is 1. The molecule has 5 heteroatoms. The van der Waals surface area contributed by atoms with Gasteiger partial charge in [-0.3, -0.25) is 9.69 Å². The summed E-state index contributed by atoms with van der Waals surface area (Å²) in [6.07, 6.45) is 5.33. The van der Waals surface area contributed by atoms with Crippen LogP contribution in [0.4, 0.5) is 0 Å². The normalized spacial score (nSPS) is 16.3. The Bertz CT molecular complexity index is 695. The highest BCUT2D eigenvalue weighted by atomic mass is 32.1. The molecule has 1 saturated heterocycles. The fraction of sp³-hybridized carbons (Fsp3) is 0.526. The van der Waals surface area contributed by atoms with E-state index in [1.165, 1.54) is 37.0 Å². The maximum absolute atomic E-state index is 11.9. The first-order valence-corrected chi connectivity index (χ1v) is 9.65. The highest BCUT2D eigenvalue weighted by molar-refractivity contribution is 7.09. The molecule has 0 aliphatic carbocycles. The molecule has 2 heterocycles. The maximum Gasteiger partial charge on any atom is 0.305 e. The second kappa shape index (κ2) is 7.99. The number of benzene rings is 1. The minimum absolute atomic E-state index is 0.0253. The molecule has 1 aliphatic heterocycles. The van der Waals surface area contributed by atoms with Crippen LogP contribution in [0.2, 0.25) is 0 Å². The number of aromatic nitrogens is 1. The Balaban J connectivity index is 1.79. The van der Waals surface area contributed by atoms with Crippen LogP contribution in [0.5, 0.6) is 5.75 Å². The Morgan fingerprint density at radius 1 is 1.12 bits per heavy atom. The molecule has 0 spiro atoms. The molecule has 3 rings (SSSR count). The Labute approximate surface area is 147 Å². The quantitative estimate of drug-likeness (QED) is 0.879. The molecule has 0 unspecified atom stereocenters. The van der Waals surface area contributed by atoms with Crippen molar-refractivity contribution in [2.24, 2.45) is 0 Å². The van der Waals surface area contributed by atoms with Gasteiger partial charge in [-0.05, 0) is 69.6 Å². The summed E-state index contributed by atoms with van der Waals surface area (Å²) in [7, 11) is 0. The van der Waals surface area contributed by atoms with Crippen molar-refractivity contribution in [1.29, 1.82) is 0 Å². The molecule has 0 bridgehead atoms. The zero-order valence-electron chi connectivity index (χ0n) is 14.5. The van der Waals surface area contributed by atoms with Crippen LogP contribution in [0.15, 0.2) is 29.1 Å². The molecule has 0 radical (unpaired) electrons. The predicted octanol–water partition coefficient (Wildman–Crippen LogP) is 4.27. The van der Waals surface area contributed by atoms with E-state index in [1.807, 2.05) is 38.1 Å². The van der Waals surface area contributed by atoms with Crippen molar-refractivity contribution in [3.63, 3.8) is 0 Å². The fourth-order valence-electron chi connectivity index (χ4n) is 3.17.